The second-order valence-corrected chi connectivity index (χ2v) is 19.3. The molecule has 0 saturated carbocycles. The normalized spacial score (nSPS) is 12.9. The van der Waals surface area contributed by atoms with Crippen LogP contribution < -0.4 is 4.74 Å². The topological polar surface area (TPSA) is 49.7 Å². The van der Waals surface area contributed by atoms with Crippen LogP contribution in [0.5, 0.6) is 11.5 Å². The number of aliphatic hydroxyl groups is 1. The highest BCUT2D eigenvalue weighted by atomic mass is 16.5. The number of hydrogen-bond acceptors (Lipinski definition) is 3. The highest BCUT2D eigenvalue weighted by molar-refractivity contribution is 5.38. The molecular weight excluding hydrogens is 769 g/mol. The highest BCUT2D eigenvalue weighted by Crippen LogP contribution is 2.26. The van der Waals surface area contributed by atoms with Crippen molar-refractivity contribution in [2.24, 2.45) is 0 Å². The van der Waals surface area contributed by atoms with E-state index >= 15 is 0 Å². The predicted molar refractivity (Wildman–Crippen MR) is 280 cm³/mol. The Labute approximate surface area is 393 Å². The molecule has 1 aromatic rings. The zero-order valence-corrected chi connectivity index (χ0v) is 42.1. The van der Waals surface area contributed by atoms with Crippen molar-refractivity contribution in [3.8, 4) is 11.5 Å². The SMILES string of the molecule is C=C/C=C\C(Oc1cc(O)cc(CCCCCCCCCCCCCCCCC/C=C\CCCCCCCC)c1)C(O)CCCCCCCCCCC/C=C/CCCCCCCC. The van der Waals surface area contributed by atoms with E-state index in [2.05, 4.69) is 44.7 Å². The zero-order valence-electron chi connectivity index (χ0n) is 42.1. The van der Waals surface area contributed by atoms with Crippen molar-refractivity contribution in [1.29, 1.82) is 0 Å². The third-order valence-corrected chi connectivity index (χ3v) is 13.0. The summed E-state index contributed by atoms with van der Waals surface area (Å²) in [7, 11) is 0. The van der Waals surface area contributed by atoms with Crippen LogP contribution in [0.15, 0.2) is 67.3 Å². The van der Waals surface area contributed by atoms with E-state index in [1.807, 2.05) is 24.3 Å². The maximum absolute atomic E-state index is 11.1. The smallest absolute Gasteiger partial charge is 0.143 e. The van der Waals surface area contributed by atoms with E-state index in [1.54, 1.807) is 12.1 Å². The van der Waals surface area contributed by atoms with Gasteiger partial charge in [-0.15, -0.1) is 0 Å². The van der Waals surface area contributed by atoms with Crippen molar-refractivity contribution >= 4 is 0 Å². The van der Waals surface area contributed by atoms with Crippen molar-refractivity contribution in [2.75, 3.05) is 0 Å². The molecule has 2 N–H and O–H groups in total. The summed E-state index contributed by atoms with van der Waals surface area (Å²) >= 11 is 0. The van der Waals surface area contributed by atoms with Gasteiger partial charge >= 0.3 is 0 Å². The fraction of sp³-hybridized carbons (Fsp3) is 0.767. The highest BCUT2D eigenvalue weighted by Gasteiger charge is 2.19. The fourth-order valence-electron chi connectivity index (χ4n) is 8.91. The third kappa shape index (κ3) is 41.0. The molecule has 0 aromatic heterocycles. The van der Waals surface area contributed by atoms with E-state index < -0.39 is 12.2 Å². The van der Waals surface area contributed by atoms with Crippen molar-refractivity contribution in [2.45, 2.75) is 296 Å². The lowest BCUT2D eigenvalue weighted by atomic mass is 10.0. The largest absolute Gasteiger partial charge is 0.508 e. The number of phenols is 1. The quantitative estimate of drug-likeness (QED) is 0.0390. The number of ether oxygens (including phenoxy) is 1. The molecule has 0 amide bonds. The molecule has 0 heterocycles. The van der Waals surface area contributed by atoms with E-state index in [9.17, 15) is 10.2 Å². The maximum Gasteiger partial charge on any atom is 0.143 e. The molecule has 364 valence electrons. The Kier molecular flexibility index (Phi) is 44.5. The van der Waals surface area contributed by atoms with E-state index in [1.165, 1.54) is 238 Å². The molecule has 0 saturated heterocycles. The number of rotatable bonds is 49. The summed E-state index contributed by atoms with van der Waals surface area (Å²) in [5.41, 5.74) is 1.10. The number of unbranched alkanes of at least 4 members (excludes halogenated alkanes) is 36. The van der Waals surface area contributed by atoms with Crippen molar-refractivity contribution < 1.29 is 14.9 Å². The lowest BCUT2D eigenvalue weighted by Gasteiger charge is -2.22. The van der Waals surface area contributed by atoms with Crippen LogP contribution in [0.4, 0.5) is 0 Å². The van der Waals surface area contributed by atoms with Gasteiger partial charge in [0, 0.05) is 6.07 Å². The lowest BCUT2D eigenvalue weighted by Crippen LogP contribution is -2.30. The first-order valence-corrected chi connectivity index (χ1v) is 27.9. The zero-order chi connectivity index (χ0) is 45.4. The molecule has 0 bridgehead atoms. The van der Waals surface area contributed by atoms with Crippen molar-refractivity contribution in [3.05, 3.63) is 72.9 Å². The molecule has 0 fully saturated rings. The van der Waals surface area contributed by atoms with Crippen molar-refractivity contribution in [3.63, 3.8) is 0 Å². The van der Waals surface area contributed by atoms with Gasteiger partial charge < -0.3 is 14.9 Å². The molecule has 3 heteroatoms. The van der Waals surface area contributed by atoms with Gasteiger partial charge in [0.1, 0.15) is 17.6 Å². The minimum absolute atomic E-state index is 0.233. The van der Waals surface area contributed by atoms with Gasteiger partial charge in [-0.05, 0) is 94.4 Å². The first-order chi connectivity index (χ1) is 31.1. The molecule has 0 aliphatic carbocycles. The molecule has 3 nitrogen and oxygen atoms in total. The Morgan fingerprint density at radius 3 is 1.19 bits per heavy atom. The van der Waals surface area contributed by atoms with Crippen LogP contribution in [0, 0.1) is 0 Å². The number of aliphatic hydroxyl groups excluding tert-OH is 1. The van der Waals surface area contributed by atoms with Gasteiger partial charge in [-0.25, -0.2) is 0 Å². The van der Waals surface area contributed by atoms with Crippen LogP contribution in [-0.2, 0) is 6.42 Å². The van der Waals surface area contributed by atoms with E-state index in [0.29, 0.717) is 12.2 Å². The van der Waals surface area contributed by atoms with Crippen molar-refractivity contribution in [1.82, 2.24) is 0 Å². The average molecular weight is 876 g/mol. The van der Waals surface area contributed by atoms with Crippen LogP contribution in [0.25, 0.3) is 0 Å². The number of aromatic hydroxyl groups is 1. The molecule has 0 aliphatic rings. The monoisotopic (exact) mass is 875 g/mol. The number of hydrogen-bond donors (Lipinski definition) is 2. The maximum atomic E-state index is 11.1. The first-order valence-electron chi connectivity index (χ1n) is 27.9. The predicted octanol–water partition coefficient (Wildman–Crippen LogP) is 19.9. The van der Waals surface area contributed by atoms with Gasteiger partial charge in [-0.1, -0.05) is 256 Å². The molecule has 0 spiro atoms. The van der Waals surface area contributed by atoms with Gasteiger partial charge in [0.15, 0.2) is 0 Å². The molecular formula is C60H106O3. The Balaban J connectivity index is 2.07. The molecule has 1 rings (SSSR count). The third-order valence-electron chi connectivity index (χ3n) is 13.0. The lowest BCUT2D eigenvalue weighted by molar-refractivity contribution is 0.0557. The first kappa shape index (κ1) is 58.8. The molecule has 63 heavy (non-hydrogen) atoms. The summed E-state index contributed by atoms with van der Waals surface area (Å²) in [6.45, 7) is 8.39. The molecule has 1 aromatic carbocycles. The second-order valence-electron chi connectivity index (χ2n) is 19.3. The standard InChI is InChI=1S/C60H106O3/c1-4-7-10-12-14-16-18-20-22-24-26-27-28-29-30-31-33-34-36-38-40-42-44-46-48-50-56-53-57(61)55-58(54-56)63-60(52-9-6-3)59(62)51-49-47-45-43-41-39-37-35-32-25-23-21-19-17-15-13-11-8-5-2/h6,9,20-23,52-55,59-62H,3-5,7-8,10-19,24-51H2,1-2H3/b22-20-,23-21+,52-9-. The van der Waals surface area contributed by atoms with Gasteiger partial charge in [0.2, 0.25) is 0 Å². The molecule has 2 unspecified atom stereocenters. The summed E-state index contributed by atoms with van der Waals surface area (Å²) in [6.07, 6.45) is 69.3. The number of benzene rings is 1. The Morgan fingerprint density at radius 2 is 0.810 bits per heavy atom. The molecule has 0 aliphatic heterocycles. The molecule has 2 atom stereocenters. The van der Waals surface area contributed by atoms with E-state index in [-0.39, 0.29) is 5.75 Å². The van der Waals surface area contributed by atoms with Gasteiger partial charge in [0.25, 0.3) is 0 Å². The van der Waals surface area contributed by atoms with Crippen LogP contribution >= 0.6 is 0 Å². The van der Waals surface area contributed by atoms with Crippen LogP contribution in [0.3, 0.4) is 0 Å². The summed E-state index contributed by atoms with van der Waals surface area (Å²) in [4.78, 5) is 0. The number of phenolic OH excluding ortho intramolecular Hbond substituents is 1. The summed E-state index contributed by atoms with van der Waals surface area (Å²) in [5, 5.41) is 21.6. The van der Waals surface area contributed by atoms with Crippen LogP contribution in [0.2, 0.25) is 0 Å². The number of allylic oxidation sites excluding steroid dienone is 6. The average Bonchev–Trinajstić information content (AvgIpc) is 3.28. The summed E-state index contributed by atoms with van der Waals surface area (Å²) in [5.74, 6) is 0.862. The van der Waals surface area contributed by atoms with Crippen LogP contribution in [0.1, 0.15) is 283 Å². The Bertz CT molecular complexity index is 1180. The van der Waals surface area contributed by atoms with Gasteiger partial charge in [-0.3, -0.25) is 0 Å². The van der Waals surface area contributed by atoms with E-state index in [4.69, 9.17) is 4.74 Å². The number of aryl methyl sites for hydroxylation is 1. The van der Waals surface area contributed by atoms with E-state index in [0.717, 1.165) is 31.2 Å². The summed E-state index contributed by atoms with van der Waals surface area (Å²) < 4.78 is 6.30. The minimum atomic E-state index is -0.594. The Morgan fingerprint density at radius 1 is 0.460 bits per heavy atom. The van der Waals surface area contributed by atoms with Gasteiger partial charge in [-0.2, -0.15) is 0 Å². The summed E-state index contributed by atoms with van der Waals surface area (Å²) in [6, 6.07) is 5.59. The second kappa shape index (κ2) is 47.7. The van der Waals surface area contributed by atoms with Crippen LogP contribution in [-0.4, -0.2) is 22.4 Å². The Hall–Kier alpha value is -2.26. The van der Waals surface area contributed by atoms with Gasteiger partial charge in [0.05, 0.1) is 6.10 Å². The minimum Gasteiger partial charge on any atom is -0.508 e. The fourth-order valence-corrected chi connectivity index (χ4v) is 8.91. The molecule has 0 radical (unpaired) electrons.